The first kappa shape index (κ1) is 16.6. The number of carbonyl (C=O) groups is 1. The van der Waals surface area contributed by atoms with Gasteiger partial charge in [0.1, 0.15) is 11.5 Å². The van der Waals surface area contributed by atoms with Gasteiger partial charge >= 0.3 is 5.97 Å². The molecule has 0 heterocycles. The zero-order valence-corrected chi connectivity index (χ0v) is 13.8. The molecule has 0 aliphatic carbocycles. The van der Waals surface area contributed by atoms with Gasteiger partial charge in [-0.2, -0.15) is 0 Å². The summed E-state index contributed by atoms with van der Waals surface area (Å²) in [7, 11) is 1.60. The standard InChI is InChI=1S/C20H20O3/c1-20(2,3)16-8-12-18(13-9-16)23-19(21)14-7-15-5-10-17(22-4)11-6-15/h5-6,8-13H,1-4H3. The Kier molecular flexibility index (Phi) is 5.08. The number of hydrogen-bond donors (Lipinski definition) is 0. The average Bonchev–Trinajstić information content (AvgIpc) is 2.53. The van der Waals surface area contributed by atoms with E-state index in [0.29, 0.717) is 5.75 Å². The summed E-state index contributed by atoms with van der Waals surface area (Å²) in [5.41, 5.74) is 1.98. The Labute approximate surface area is 137 Å². The van der Waals surface area contributed by atoms with Crippen molar-refractivity contribution in [3.63, 3.8) is 0 Å². The minimum atomic E-state index is -0.579. The van der Waals surface area contributed by atoms with Crippen molar-refractivity contribution in [2.24, 2.45) is 0 Å². The van der Waals surface area contributed by atoms with Crippen LogP contribution in [0.3, 0.4) is 0 Å². The fraction of sp³-hybridized carbons (Fsp3) is 0.250. The Balaban J connectivity index is 2.01. The van der Waals surface area contributed by atoms with Crippen molar-refractivity contribution in [1.29, 1.82) is 0 Å². The molecule has 2 rings (SSSR count). The number of benzene rings is 2. The van der Waals surface area contributed by atoms with Crippen LogP contribution >= 0.6 is 0 Å². The fourth-order valence-corrected chi connectivity index (χ4v) is 1.95. The van der Waals surface area contributed by atoms with Crippen molar-refractivity contribution in [2.75, 3.05) is 7.11 Å². The molecule has 118 valence electrons. The average molecular weight is 308 g/mol. The molecular formula is C20H20O3. The third-order valence-electron chi connectivity index (χ3n) is 3.33. The zero-order chi connectivity index (χ0) is 16.9. The summed E-state index contributed by atoms with van der Waals surface area (Å²) in [6, 6.07) is 14.6. The van der Waals surface area contributed by atoms with Gasteiger partial charge in [0.05, 0.1) is 7.11 Å². The van der Waals surface area contributed by atoms with Crippen LogP contribution in [0.4, 0.5) is 0 Å². The topological polar surface area (TPSA) is 35.5 Å². The Morgan fingerprint density at radius 2 is 1.48 bits per heavy atom. The van der Waals surface area contributed by atoms with Crippen LogP contribution in [0.25, 0.3) is 0 Å². The van der Waals surface area contributed by atoms with Crippen LogP contribution in [0.15, 0.2) is 48.5 Å². The monoisotopic (exact) mass is 308 g/mol. The highest BCUT2D eigenvalue weighted by atomic mass is 16.5. The van der Waals surface area contributed by atoms with Crippen LogP contribution in [0, 0.1) is 11.8 Å². The zero-order valence-electron chi connectivity index (χ0n) is 13.8. The van der Waals surface area contributed by atoms with Crippen molar-refractivity contribution in [1.82, 2.24) is 0 Å². The van der Waals surface area contributed by atoms with Crippen LogP contribution in [-0.2, 0) is 10.2 Å². The summed E-state index contributed by atoms with van der Waals surface area (Å²) in [6.45, 7) is 6.40. The lowest BCUT2D eigenvalue weighted by atomic mass is 9.87. The van der Waals surface area contributed by atoms with Gasteiger partial charge in [0, 0.05) is 11.5 Å². The minimum Gasteiger partial charge on any atom is -0.497 e. The quantitative estimate of drug-likeness (QED) is 0.479. The maximum atomic E-state index is 11.8. The Bertz CT molecular complexity index is 724. The minimum absolute atomic E-state index is 0.0662. The molecule has 0 radical (unpaired) electrons. The molecule has 0 N–H and O–H groups in total. The summed E-state index contributed by atoms with van der Waals surface area (Å²) < 4.78 is 10.3. The molecule has 0 unspecified atom stereocenters. The lowest BCUT2D eigenvalue weighted by Crippen LogP contribution is -2.11. The van der Waals surface area contributed by atoms with Gasteiger partial charge in [-0.1, -0.05) is 38.8 Å². The van der Waals surface area contributed by atoms with Gasteiger partial charge < -0.3 is 9.47 Å². The van der Waals surface area contributed by atoms with E-state index in [1.54, 1.807) is 43.5 Å². The number of ether oxygens (including phenoxy) is 2. The van der Waals surface area contributed by atoms with E-state index in [9.17, 15) is 4.79 Å². The van der Waals surface area contributed by atoms with Gasteiger partial charge in [0.2, 0.25) is 0 Å². The van der Waals surface area contributed by atoms with E-state index in [1.165, 1.54) is 5.56 Å². The van der Waals surface area contributed by atoms with Crippen LogP contribution in [0.1, 0.15) is 31.9 Å². The summed E-state index contributed by atoms with van der Waals surface area (Å²) in [4.78, 5) is 11.8. The number of rotatable bonds is 2. The third-order valence-corrected chi connectivity index (χ3v) is 3.33. The summed E-state index contributed by atoms with van der Waals surface area (Å²) in [5, 5.41) is 0. The second-order valence-corrected chi connectivity index (χ2v) is 6.14. The predicted octanol–water partition coefficient (Wildman–Crippen LogP) is 3.95. The first-order valence-corrected chi connectivity index (χ1v) is 7.37. The largest absolute Gasteiger partial charge is 0.497 e. The molecular weight excluding hydrogens is 288 g/mol. The SMILES string of the molecule is COc1ccc(C#CC(=O)Oc2ccc(C(C)(C)C)cc2)cc1. The molecule has 0 atom stereocenters. The molecule has 0 aliphatic rings. The van der Waals surface area contributed by atoms with E-state index in [-0.39, 0.29) is 5.41 Å². The third kappa shape index (κ3) is 4.89. The maximum Gasteiger partial charge on any atom is 0.390 e. The van der Waals surface area contributed by atoms with Gasteiger partial charge in [0.25, 0.3) is 0 Å². The maximum absolute atomic E-state index is 11.8. The van der Waals surface area contributed by atoms with E-state index in [1.807, 2.05) is 12.1 Å². The van der Waals surface area contributed by atoms with Gasteiger partial charge in [-0.15, -0.1) is 0 Å². The van der Waals surface area contributed by atoms with Crippen molar-refractivity contribution >= 4 is 5.97 Å². The fourth-order valence-electron chi connectivity index (χ4n) is 1.95. The van der Waals surface area contributed by atoms with E-state index in [0.717, 1.165) is 11.3 Å². The number of esters is 1. The van der Waals surface area contributed by atoms with Gasteiger partial charge in [-0.25, -0.2) is 4.79 Å². The van der Waals surface area contributed by atoms with Crippen molar-refractivity contribution in [3.05, 3.63) is 59.7 Å². The van der Waals surface area contributed by atoms with E-state index >= 15 is 0 Å². The van der Waals surface area contributed by atoms with Crippen molar-refractivity contribution in [2.45, 2.75) is 26.2 Å². The van der Waals surface area contributed by atoms with E-state index < -0.39 is 5.97 Å². The summed E-state index contributed by atoms with van der Waals surface area (Å²) in [6.07, 6.45) is 0. The molecule has 0 aromatic heterocycles. The molecule has 0 saturated heterocycles. The lowest BCUT2D eigenvalue weighted by Gasteiger charge is -2.18. The summed E-state index contributed by atoms with van der Waals surface area (Å²) in [5.74, 6) is 5.91. The number of methoxy groups -OCH3 is 1. The molecule has 0 amide bonds. The second-order valence-electron chi connectivity index (χ2n) is 6.14. The second kappa shape index (κ2) is 7.02. The molecule has 3 nitrogen and oxygen atoms in total. The molecule has 0 spiro atoms. The van der Waals surface area contributed by atoms with Crippen LogP contribution in [0.2, 0.25) is 0 Å². The normalized spacial score (nSPS) is 10.4. The Morgan fingerprint density at radius 3 is 2.00 bits per heavy atom. The molecule has 0 saturated carbocycles. The molecule has 2 aromatic carbocycles. The highest BCUT2D eigenvalue weighted by Crippen LogP contribution is 2.24. The highest BCUT2D eigenvalue weighted by Gasteiger charge is 2.13. The lowest BCUT2D eigenvalue weighted by molar-refractivity contribution is -0.128. The van der Waals surface area contributed by atoms with E-state index in [4.69, 9.17) is 9.47 Å². The van der Waals surface area contributed by atoms with Crippen LogP contribution in [0.5, 0.6) is 11.5 Å². The molecule has 0 fully saturated rings. The van der Waals surface area contributed by atoms with Gasteiger partial charge in [-0.05, 0) is 47.4 Å². The van der Waals surface area contributed by atoms with Gasteiger partial charge in [-0.3, -0.25) is 0 Å². The first-order valence-electron chi connectivity index (χ1n) is 7.37. The molecule has 23 heavy (non-hydrogen) atoms. The molecule has 0 bridgehead atoms. The Morgan fingerprint density at radius 1 is 0.913 bits per heavy atom. The van der Waals surface area contributed by atoms with Crippen LogP contribution in [-0.4, -0.2) is 13.1 Å². The first-order chi connectivity index (χ1) is 10.9. The van der Waals surface area contributed by atoms with Crippen LogP contribution < -0.4 is 9.47 Å². The number of carbonyl (C=O) groups excluding carboxylic acids is 1. The molecule has 0 aliphatic heterocycles. The van der Waals surface area contributed by atoms with Gasteiger partial charge in [0.15, 0.2) is 0 Å². The number of hydrogen-bond acceptors (Lipinski definition) is 3. The van der Waals surface area contributed by atoms with Crippen molar-refractivity contribution < 1.29 is 14.3 Å². The Hall–Kier alpha value is -2.73. The van der Waals surface area contributed by atoms with Crippen molar-refractivity contribution in [3.8, 4) is 23.3 Å². The molecule has 2 aromatic rings. The van der Waals surface area contributed by atoms with E-state index in [2.05, 4.69) is 32.6 Å². The predicted molar refractivity (Wildman–Crippen MR) is 90.6 cm³/mol. The smallest absolute Gasteiger partial charge is 0.390 e. The molecule has 3 heteroatoms. The summed E-state index contributed by atoms with van der Waals surface area (Å²) >= 11 is 0. The highest BCUT2D eigenvalue weighted by molar-refractivity contribution is 5.90.